The molecule has 0 bridgehead atoms. The molecule has 2 aromatic carbocycles. The number of hydrogen-bond acceptors (Lipinski definition) is 10. The summed E-state index contributed by atoms with van der Waals surface area (Å²) in [6, 6.07) is 1.72. The number of phenols is 2. The van der Waals surface area contributed by atoms with Gasteiger partial charge in [0.05, 0.1) is 42.8 Å². The molecule has 14 heteroatoms. The quantitative estimate of drug-likeness (QED) is 0.0655. The Bertz CT molecular complexity index is 2390. The molecule has 0 saturated heterocycles. The normalized spacial score (nSPS) is 22.4. The number of ether oxygens (including phenoxy) is 2. The fourth-order valence-electron chi connectivity index (χ4n) is 9.82. The molecule has 6 rings (SSSR count). The van der Waals surface area contributed by atoms with Gasteiger partial charge in [-0.05, 0) is 132 Å². The Kier molecular flexibility index (Phi) is 16.6. The third kappa shape index (κ3) is 11.8. The van der Waals surface area contributed by atoms with E-state index in [1.165, 1.54) is 39.3 Å². The highest BCUT2D eigenvalue weighted by Gasteiger charge is 2.47. The van der Waals surface area contributed by atoms with Gasteiger partial charge >= 0.3 is 5.97 Å². The van der Waals surface area contributed by atoms with Crippen LogP contribution in [-0.4, -0.2) is 102 Å². The van der Waals surface area contributed by atoms with Crippen molar-refractivity contribution in [3.63, 3.8) is 0 Å². The Hall–Kier alpha value is -5.60. The van der Waals surface area contributed by atoms with Gasteiger partial charge in [0.1, 0.15) is 40.2 Å². The van der Waals surface area contributed by atoms with Gasteiger partial charge in [-0.1, -0.05) is 46.6 Å². The molecule has 0 aliphatic carbocycles. The lowest BCUT2D eigenvalue weighted by atomic mass is 9.84. The van der Waals surface area contributed by atoms with Gasteiger partial charge in [0, 0.05) is 48.2 Å². The number of carbonyl (C=O) groups is 4. The van der Waals surface area contributed by atoms with E-state index in [1.807, 2.05) is 13.8 Å². The lowest BCUT2D eigenvalue weighted by Crippen LogP contribution is -2.49. The molecule has 14 nitrogen and oxygen atoms in total. The van der Waals surface area contributed by atoms with E-state index < -0.39 is 47.2 Å². The molecule has 3 amide bonds. The number of aromatic hydroxyl groups is 2. The van der Waals surface area contributed by atoms with Crippen molar-refractivity contribution in [1.29, 1.82) is 0 Å². The number of hydrogen-bond donors (Lipinski definition) is 6. The number of carboxylic acid groups (broad SMARTS) is 1. The third-order valence-electron chi connectivity index (χ3n) is 14.2. The summed E-state index contributed by atoms with van der Waals surface area (Å²) in [4.78, 5) is 56.6. The second kappa shape index (κ2) is 21.8. The maximum Gasteiger partial charge on any atom is 0.305 e. The Morgan fingerprint density at radius 2 is 1.21 bits per heavy atom. The number of carboxylic acids is 1. The summed E-state index contributed by atoms with van der Waals surface area (Å²) >= 11 is 0. The molecule has 2 aromatic rings. The van der Waals surface area contributed by atoms with Gasteiger partial charge in [-0.25, -0.2) is 0 Å². The molecule has 4 heterocycles. The van der Waals surface area contributed by atoms with Gasteiger partial charge in [0.15, 0.2) is 0 Å². The van der Waals surface area contributed by atoms with Crippen LogP contribution < -0.4 is 14.8 Å². The van der Waals surface area contributed by atoms with E-state index in [1.54, 1.807) is 4.90 Å². The fraction of sp³-hybridized carbons (Fsp3) is 0.556. The minimum atomic E-state index is -1.10. The van der Waals surface area contributed by atoms with Crippen LogP contribution in [0.25, 0.3) is 0 Å². The van der Waals surface area contributed by atoms with Gasteiger partial charge in [-0.3, -0.25) is 19.2 Å². The first-order valence-corrected chi connectivity index (χ1v) is 24.3. The fourth-order valence-corrected chi connectivity index (χ4v) is 9.82. The number of aliphatic carboxylic acids is 1. The van der Waals surface area contributed by atoms with Crippen LogP contribution in [-0.2, 0) is 35.5 Å². The van der Waals surface area contributed by atoms with Gasteiger partial charge < -0.3 is 50.1 Å². The minimum Gasteiger partial charge on any atom is -0.508 e. The van der Waals surface area contributed by atoms with Crippen LogP contribution in [0.4, 0.5) is 0 Å². The Labute approximate surface area is 401 Å². The number of rotatable bonds is 21. The van der Waals surface area contributed by atoms with Gasteiger partial charge in [0.2, 0.25) is 5.91 Å². The van der Waals surface area contributed by atoms with Crippen LogP contribution >= 0.6 is 0 Å². The van der Waals surface area contributed by atoms with Crippen molar-refractivity contribution < 1.29 is 54.2 Å². The van der Waals surface area contributed by atoms with E-state index in [2.05, 4.69) is 71.2 Å². The third-order valence-corrected chi connectivity index (χ3v) is 14.2. The van der Waals surface area contributed by atoms with E-state index in [9.17, 15) is 44.7 Å². The molecule has 0 fully saturated rings. The summed E-state index contributed by atoms with van der Waals surface area (Å²) in [5.74, 6) is -2.08. The predicted molar refractivity (Wildman–Crippen MR) is 260 cm³/mol. The summed E-state index contributed by atoms with van der Waals surface area (Å²) in [6.45, 7) is 16.3. The molecule has 4 aliphatic rings. The number of nitrogens with one attached hydrogen (secondary N) is 1. The smallest absolute Gasteiger partial charge is 0.305 e. The number of phenolic OH excluding ortho intramolecular Hbond substituents is 2. The highest BCUT2D eigenvalue weighted by atomic mass is 16.5. The number of allylic oxidation sites excluding steroid dienone is 8. The van der Waals surface area contributed by atoms with Crippen LogP contribution in [0.3, 0.4) is 0 Å². The summed E-state index contributed by atoms with van der Waals surface area (Å²) in [6.07, 6.45) is 13.3. The lowest BCUT2D eigenvalue weighted by Gasteiger charge is -2.41. The number of fused-ring (bicyclic) bond motifs is 6. The molecule has 68 heavy (non-hydrogen) atoms. The minimum absolute atomic E-state index is 0.0317. The predicted octanol–water partition coefficient (Wildman–Crippen LogP) is 8.50. The van der Waals surface area contributed by atoms with Crippen molar-refractivity contribution in [3.05, 3.63) is 92.1 Å². The van der Waals surface area contributed by atoms with Gasteiger partial charge in [-0.2, -0.15) is 0 Å². The van der Waals surface area contributed by atoms with Crippen molar-refractivity contribution in [1.82, 2.24) is 15.1 Å². The molecule has 0 unspecified atom stereocenters. The molecule has 0 radical (unpaired) electrons. The number of carbonyl (C=O) groups excluding carboxylic acids is 3. The Balaban J connectivity index is 1.16. The van der Waals surface area contributed by atoms with Gasteiger partial charge in [0.25, 0.3) is 11.8 Å². The summed E-state index contributed by atoms with van der Waals surface area (Å²) in [7, 11) is 0. The molecule has 0 spiro atoms. The first kappa shape index (κ1) is 51.8. The van der Waals surface area contributed by atoms with Crippen molar-refractivity contribution in [2.24, 2.45) is 0 Å². The van der Waals surface area contributed by atoms with Crippen LogP contribution in [0.5, 0.6) is 23.0 Å². The van der Waals surface area contributed by atoms with Crippen LogP contribution in [0.15, 0.2) is 58.7 Å². The van der Waals surface area contributed by atoms with Crippen LogP contribution in [0, 0.1) is 0 Å². The average Bonchev–Trinajstić information content (AvgIpc) is 3.75. The SMILES string of the molecule is CC(C)=CCC/C(C)=C/CC[C@@]1(C)Oc2c(c(O)cc3c2CN(CCC[C@@H](C(=O)NCCC(=O)O)N2Cc4c(cc(O)c5c4O[C@](C)(CC/C=C(\C)CCC=C(C)C)[C@@H](O)C5)C2=O)C3=O)C[C@@H]1O. The molecule has 0 saturated carbocycles. The number of aliphatic hydroxyl groups is 2. The second-order valence-corrected chi connectivity index (χ2v) is 20.3. The summed E-state index contributed by atoms with van der Waals surface area (Å²) < 4.78 is 13.2. The molecule has 370 valence electrons. The molecule has 0 aromatic heterocycles. The number of aliphatic hydroxyl groups excluding tert-OH is 2. The lowest BCUT2D eigenvalue weighted by molar-refractivity contribution is -0.137. The highest BCUT2D eigenvalue weighted by Crippen LogP contribution is 2.48. The maximum absolute atomic E-state index is 14.3. The number of nitrogens with zero attached hydrogens (tertiary/aromatic N) is 2. The zero-order valence-corrected chi connectivity index (χ0v) is 41.3. The topological polar surface area (TPSA) is 206 Å². The molecule has 4 aliphatic heterocycles. The molecular formula is C54H73N3O11. The van der Waals surface area contributed by atoms with Crippen molar-refractivity contribution in [2.75, 3.05) is 13.1 Å². The van der Waals surface area contributed by atoms with Crippen molar-refractivity contribution in [3.8, 4) is 23.0 Å². The number of amides is 3. The first-order valence-electron chi connectivity index (χ1n) is 24.3. The van der Waals surface area contributed by atoms with E-state index >= 15 is 0 Å². The van der Waals surface area contributed by atoms with Crippen molar-refractivity contribution in [2.45, 2.75) is 181 Å². The standard InChI is InChI=1S/C54H73N3O11/c1-32(2)14-9-16-34(5)18-11-22-53(7)45(60)28-38-43(58)26-36-40(48(38)67-53)30-56(51(36)65)25-13-20-42(50(64)55-24-21-47(62)63)57-31-41-37(52(57)66)27-44(59)39-29-46(61)54(8,68-49(39)41)23-12-19-35(6)17-10-15-33(3)4/h14-15,18-19,26-27,42,45-46,58-61H,9-13,16-17,20-25,28-31H2,1-8H3,(H,55,64)(H,62,63)/b34-18+,35-19+/t42-,45-,46-,53+,54+/m0/s1. The molecule has 6 N–H and O–H groups in total. The maximum atomic E-state index is 14.3. The second-order valence-electron chi connectivity index (χ2n) is 20.3. The van der Waals surface area contributed by atoms with E-state index in [4.69, 9.17) is 9.47 Å². The van der Waals surface area contributed by atoms with Crippen LogP contribution in [0.1, 0.15) is 169 Å². The molecular weight excluding hydrogens is 867 g/mol. The summed E-state index contributed by atoms with van der Waals surface area (Å²) in [5, 5.41) is 57.0. The highest BCUT2D eigenvalue weighted by molar-refractivity contribution is 6.03. The number of benzene rings is 2. The Morgan fingerprint density at radius 1 is 0.721 bits per heavy atom. The average molecular weight is 940 g/mol. The largest absolute Gasteiger partial charge is 0.508 e. The monoisotopic (exact) mass is 940 g/mol. The zero-order chi connectivity index (χ0) is 49.7. The molecule has 5 atom stereocenters. The van der Waals surface area contributed by atoms with Gasteiger partial charge in [-0.15, -0.1) is 0 Å². The van der Waals surface area contributed by atoms with E-state index in [-0.39, 0.29) is 81.3 Å². The zero-order valence-electron chi connectivity index (χ0n) is 41.3. The van der Waals surface area contributed by atoms with Crippen LogP contribution in [0.2, 0.25) is 0 Å². The first-order chi connectivity index (χ1) is 32.1. The Morgan fingerprint density at radius 3 is 1.69 bits per heavy atom. The summed E-state index contributed by atoms with van der Waals surface area (Å²) in [5.41, 5.74) is 5.46. The van der Waals surface area contributed by atoms with E-state index in [0.29, 0.717) is 65.0 Å². The van der Waals surface area contributed by atoms with E-state index in [0.717, 1.165) is 25.7 Å². The van der Waals surface area contributed by atoms with Crippen molar-refractivity contribution >= 4 is 23.7 Å².